The molecule has 0 N–H and O–H groups in total. The Morgan fingerprint density at radius 3 is 1.05 bits per heavy atom. The lowest BCUT2D eigenvalue weighted by atomic mass is 9.35. The van der Waals surface area contributed by atoms with Gasteiger partial charge in [0.15, 0.2) is 0 Å². The van der Waals surface area contributed by atoms with E-state index in [1.807, 2.05) is 24.3 Å². The highest BCUT2D eigenvalue weighted by Crippen LogP contribution is 2.50. The molecule has 11 rings (SSSR count). The van der Waals surface area contributed by atoms with Crippen LogP contribution < -0.4 is 42.6 Å². The largest absolute Gasteiger partial charge is 0.312 e. The molecule has 0 saturated heterocycles. The number of para-hydroxylation sites is 4. The minimum Gasteiger partial charge on any atom is -0.312 e. The third-order valence-electron chi connectivity index (χ3n) is 12.6. The molecule has 0 aromatic heterocycles. The van der Waals surface area contributed by atoms with E-state index in [9.17, 15) is 8.42 Å². The van der Waals surface area contributed by atoms with Gasteiger partial charge in [-0.25, -0.2) is 8.42 Å². The van der Waals surface area contributed by atoms with Crippen LogP contribution in [0.2, 0.25) is 0 Å². The SMILES string of the molecule is CC1(C)c2cc(N3c4ccccc4B(c4ccccc4)c4ccccc43)ccc2S(=O)(=O)c2ccc(N3c4ccccc4B(c4ccccc4)c4ccccc43)cc21. The molecule has 0 aliphatic carbocycles. The van der Waals surface area contributed by atoms with Crippen LogP contribution in [-0.4, -0.2) is 21.8 Å². The summed E-state index contributed by atoms with van der Waals surface area (Å²) in [6, 6.07) is 67.6. The summed E-state index contributed by atoms with van der Waals surface area (Å²) < 4.78 is 29.4. The zero-order valence-electron chi connectivity index (χ0n) is 32.2. The smallest absolute Gasteiger partial charge is 0.246 e. The van der Waals surface area contributed by atoms with Crippen molar-refractivity contribution in [2.24, 2.45) is 0 Å². The Morgan fingerprint density at radius 2 is 0.707 bits per heavy atom. The van der Waals surface area contributed by atoms with E-state index >= 15 is 0 Å². The standard InChI is InChI=1S/C51H38B2N2O2S/c1-51(2)39-33-37(54-45-25-13-9-21-41(45)52(35-17-5-3-6-18-35)42-22-10-14-26-46(42)54)29-31-49(39)58(56,57)50-32-30-38(34-40(50)51)55-47-27-15-11-23-43(47)53(36-19-7-4-8-20-36)44-24-12-16-28-48(44)55/h3-34H,1-2H3. The van der Waals surface area contributed by atoms with Crippen molar-refractivity contribution in [3.05, 3.63) is 205 Å². The summed E-state index contributed by atoms with van der Waals surface area (Å²) in [7, 11) is -3.84. The molecule has 3 aliphatic heterocycles. The minimum absolute atomic E-state index is 0.0672. The molecule has 3 heterocycles. The Balaban J connectivity index is 1.06. The van der Waals surface area contributed by atoms with Gasteiger partial charge in [0.25, 0.3) is 0 Å². The van der Waals surface area contributed by atoms with E-state index in [4.69, 9.17) is 0 Å². The van der Waals surface area contributed by atoms with Crippen LogP contribution in [0.25, 0.3) is 0 Å². The Labute approximate surface area is 341 Å². The Kier molecular flexibility index (Phi) is 7.76. The van der Waals surface area contributed by atoms with E-state index in [0.717, 1.165) is 45.3 Å². The molecule has 0 atom stereocenters. The van der Waals surface area contributed by atoms with Crippen LogP contribution in [0.5, 0.6) is 0 Å². The average molecular weight is 765 g/mol. The van der Waals surface area contributed by atoms with Crippen LogP contribution in [-0.2, 0) is 15.3 Å². The summed E-state index contributed by atoms with van der Waals surface area (Å²) in [5.41, 5.74) is 14.5. The summed E-state index contributed by atoms with van der Waals surface area (Å²) in [5, 5.41) is 0. The van der Waals surface area contributed by atoms with Crippen molar-refractivity contribution in [2.45, 2.75) is 29.1 Å². The second kappa shape index (κ2) is 13.0. The number of rotatable bonds is 4. The van der Waals surface area contributed by atoms with E-state index < -0.39 is 15.3 Å². The van der Waals surface area contributed by atoms with Crippen LogP contribution in [0.3, 0.4) is 0 Å². The fourth-order valence-corrected chi connectivity index (χ4v) is 11.9. The summed E-state index contributed by atoms with van der Waals surface area (Å²) in [6.45, 7) is 4.47. The third-order valence-corrected chi connectivity index (χ3v) is 14.5. The van der Waals surface area contributed by atoms with E-state index in [1.165, 1.54) is 32.8 Å². The topological polar surface area (TPSA) is 40.6 Å². The first-order chi connectivity index (χ1) is 28.3. The van der Waals surface area contributed by atoms with Crippen LogP contribution >= 0.6 is 0 Å². The van der Waals surface area contributed by atoms with E-state index in [0.29, 0.717) is 9.79 Å². The van der Waals surface area contributed by atoms with Crippen LogP contribution in [0, 0.1) is 0 Å². The summed E-state index contributed by atoms with van der Waals surface area (Å²) >= 11 is 0. The number of anilines is 6. The molecule has 4 nitrogen and oxygen atoms in total. The highest BCUT2D eigenvalue weighted by atomic mass is 32.2. The first-order valence-corrected chi connectivity index (χ1v) is 21.4. The fourth-order valence-electron chi connectivity index (χ4n) is 9.92. The number of benzene rings is 8. The zero-order valence-corrected chi connectivity index (χ0v) is 33.1. The molecular formula is C51H38B2N2O2S. The van der Waals surface area contributed by atoms with Gasteiger partial charge in [-0.1, -0.05) is 158 Å². The maximum Gasteiger partial charge on any atom is 0.246 e. The molecule has 8 aromatic rings. The molecule has 0 radical (unpaired) electrons. The van der Waals surface area contributed by atoms with Gasteiger partial charge in [0.05, 0.1) is 9.79 Å². The van der Waals surface area contributed by atoms with Crippen molar-refractivity contribution in [2.75, 3.05) is 9.80 Å². The van der Waals surface area contributed by atoms with Crippen LogP contribution in [0.1, 0.15) is 25.0 Å². The van der Waals surface area contributed by atoms with Gasteiger partial charge >= 0.3 is 0 Å². The van der Waals surface area contributed by atoms with Gasteiger partial charge < -0.3 is 9.80 Å². The molecule has 0 saturated carbocycles. The van der Waals surface area contributed by atoms with E-state index in [2.05, 4.69) is 194 Å². The molecule has 0 unspecified atom stereocenters. The number of sulfone groups is 1. The molecule has 3 aliphatic rings. The molecule has 7 heteroatoms. The van der Waals surface area contributed by atoms with Crippen molar-refractivity contribution < 1.29 is 8.42 Å². The number of nitrogens with zero attached hydrogens (tertiary/aromatic N) is 2. The molecule has 276 valence electrons. The minimum atomic E-state index is -3.84. The van der Waals surface area contributed by atoms with Gasteiger partial charge in [0.1, 0.15) is 0 Å². The van der Waals surface area contributed by atoms with Crippen molar-refractivity contribution in [1.82, 2.24) is 0 Å². The normalized spacial score (nSPS) is 15.3. The van der Waals surface area contributed by atoms with Gasteiger partial charge in [-0.15, -0.1) is 0 Å². The van der Waals surface area contributed by atoms with Crippen molar-refractivity contribution >= 4 is 90.2 Å². The fraction of sp³-hybridized carbons (Fsp3) is 0.0588. The zero-order chi connectivity index (χ0) is 39.2. The number of fused-ring (bicyclic) bond motifs is 6. The highest BCUT2D eigenvalue weighted by molar-refractivity contribution is 7.91. The predicted octanol–water partition coefficient (Wildman–Crippen LogP) is 7.76. The lowest BCUT2D eigenvalue weighted by molar-refractivity contribution is 0.556. The Morgan fingerprint density at radius 1 is 0.397 bits per heavy atom. The van der Waals surface area contributed by atoms with Crippen LogP contribution in [0.15, 0.2) is 204 Å². The Bertz CT molecular complexity index is 2750. The quantitative estimate of drug-likeness (QED) is 0.172. The van der Waals surface area contributed by atoms with Gasteiger partial charge in [0.2, 0.25) is 23.3 Å². The second-order valence-electron chi connectivity index (χ2n) is 16.1. The van der Waals surface area contributed by atoms with E-state index in [1.54, 1.807) is 0 Å². The summed E-state index contributed by atoms with van der Waals surface area (Å²) in [4.78, 5) is 5.34. The van der Waals surface area contributed by atoms with Gasteiger partial charge in [0, 0.05) is 39.5 Å². The molecule has 8 aromatic carbocycles. The maximum absolute atomic E-state index is 14.7. The molecule has 0 bridgehead atoms. The number of hydrogen-bond acceptors (Lipinski definition) is 4. The molecule has 0 fully saturated rings. The second-order valence-corrected chi connectivity index (χ2v) is 18.0. The molecule has 0 amide bonds. The van der Waals surface area contributed by atoms with Gasteiger partial charge in [-0.2, -0.15) is 0 Å². The van der Waals surface area contributed by atoms with Crippen LogP contribution in [0.4, 0.5) is 34.1 Å². The first-order valence-electron chi connectivity index (χ1n) is 19.9. The van der Waals surface area contributed by atoms with Gasteiger partial charge in [-0.05, 0) is 93.6 Å². The van der Waals surface area contributed by atoms with Gasteiger partial charge in [-0.3, -0.25) is 0 Å². The van der Waals surface area contributed by atoms with Crippen molar-refractivity contribution in [3.63, 3.8) is 0 Å². The maximum atomic E-state index is 14.7. The molecular weight excluding hydrogens is 726 g/mol. The average Bonchev–Trinajstić information content (AvgIpc) is 3.27. The van der Waals surface area contributed by atoms with Crippen molar-refractivity contribution in [1.29, 1.82) is 0 Å². The predicted molar refractivity (Wildman–Crippen MR) is 242 cm³/mol. The van der Waals surface area contributed by atoms with Crippen molar-refractivity contribution in [3.8, 4) is 0 Å². The number of hydrogen-bond donors (Lipinski definition) is 0. The molecule has 58 heavy (non-hydrogen) atoms. The summed E-state index contributed by atoms with van der Waals surface area (Å²) in [6.07, 6.45) is 0. The lowest BCUT2D eigenvalue weighted by Gasteiger charge is -2.40. The molecule has 0 spiro atoms. The lowest BCUT2D eigenvalue weighted by Crippen LogP contribution is -2.57. The monoisotopic (exact) mass is 764 g/mol. The van der Waals surface area contributed by atoms with E-state index in [-0.39, 0.29) is 13.4 Å². The highest BCUT2D eigenvalue weighted by Gasteiger charge is 2.43. The first kappa shape index (κ1) is 34.7. The third kappa shape index (κ3) is 5.06. The summed E-state index contributed by atoms with van der Waals surface area (Å²) in [5.74, 6) is 0. The Hall–Kier alpha value is -6.56.